The lowest BCUT2D eigenvalue weighted by molar-refractivity contribution is -0.0142. The van der Waals surface area contributed by atoms with Gasteiger partial charge >= 0.3 is 0 Å². The summed E-state index contributed by atoms with van der Waals surface area (Å²) < 4.78 is 41.4. The average molecular weight is 875 g/mol. The molecule has 0 aromatic heterocycles. The molecule has 2 aromatic carbocycles. The van der Waals surface area contributed by atoms with Gasteiger partial charge in [-0.2, -0.15) is 0 Å². The van der Waals surface area contributed by atoms with Crippen LogP contribution in [-0.4, -0.2) is 89.5 Å². The molecule has 0 heterocycles. The van der Waals surface area contributed by atoms with Gasteiger partial charge < -0.3 is 43.4 Å². The van der Waals surface area contributed by atoms with Crippen LogP contribution in [0.2, 0.25) is 0 Å². The van der Waals surface area contributed by atoms with Gasteiger partial charge in [-0.1, -0.05) is 87.1 Å². The summed E-state index contributed by atoms with van der Waals surface area (Å²) >= 11 is 0. The number of aromatic hydroxyl groups is 2. The summed E-state index contributed by atoms with van der Waals surface area (Å²) in [6, 6.07) is 8.09. The summed E-state index contributed by atoms with van der Waals surface area (Å²) in [5, 5.41) is 22.6. The van der Waals surface area contributed by atoms with E-state index in [2.05, 4.69) is 79.0 Å². The Kier molecular flexibility index (Phi) is 24.0. The van der Waals surface area contributed by atoms with Gasteiger partial charge in [0.25, 0.3) is 0 Å². The van der Waals surface area contributed by atoms with E-state index in [0.29, 0.717) is 90.8 Å². The molecule has 2 aliphatic carbocycles. The van der Waals surface area contributed by atoms with Crippen LogP contribution in [-0.2, 0) is 36.5 Å². The van der Waals surface area contributed by atoms with E-state index in [1.807, 2.05) is 12.1 Å². The zero-order chi connectivity index (χ0) is 45.4. The molecule has 0 amide bonds. The molecule has 4 rings (SSSR count). The Hall–Kier alpha value is -3.60. The molecule has 352 valence electrons. The summed E-state index contributed by atoms with van der Waals surface area (Å²) in [5.41, 5.74) is 8.86. The zero-order valence-corrected chi connectivity index (χ0v) is 39.9. The van der Waals surface area contributed by atoms with Crippen molar-refractivity contribution < 1.29 is 43.4 Å². The van der Waals surface area contributed by atoms with Gasteiger partial charge in [0.2, 0.25) is 0 Å². The van der Waals surface area contributed by atoms with Gasteiger partial charge in [-0.05, 0) is 126 Å². The van der Waals surface area contributed by atoms with Gasteiger partial charge in [-0.15, -0.1) is 0 Å². The third-order valence-corrected chi connectivity index (χ3v) is 12.4. The first kappa shape index (κ1) is 52.0. The molecule has 2 aromatic rings. The van der Waals surface area contributed by atoms with Gasteiger partial charge in [-0.3, -0.25) is 0 Å². The Morgan fingerprint density at radius 2 is 0.857 bits per heavy atom. The Bertz CT molecular complexity index is 1620. The smallest absolute Gasteiger partial charge is 0.127 e. The lowest BCUT2D eigenvalue weighted by Gasteiger charge is -2.32. The van der Waals surface area contributed by atoms with E-state index < -0.39 is 0 Å². The molecule has 0 aliphatic heterocycles. The molecule has 0 bridgehead atoms. The number of phenolic OH excluding ortho intramolecular Hbond substituents is 2. The maximum absolute atomic E-state index is 11.3. The first-order valence-corrected chi connectivity index (χ1v) is 24.0. The number of allylic oxidation sites excluding steroid dienone is 6. The monoisotopic (exact) mass is 875 g/mol. The number of rotatable bonds is 32. The van der Waals surface area contributed by atoms with Gasteiger partial charge in [0.15, 0.2) is 0 Å². The van der Waals surface area contributed by atoms with Crippen LogP contribution < -0.4 is 9.47 Å². The molecule has 0 spiro atoms. The normalized spacial score (nSPS) is 18.8. The largest absolute Gasteiger partial charge is 0.507 e. The van der Waals surface area contributed by atoms with Crippen molar-refractivity contribution in [1.82, 2.24) is 0 Å². The van der Waals surface area contributed by atoms with Crippen molar-refractivity contribution in [2.24, 2.45) is 11.8 Å². The summed E-state index contributed by atoms with van der Waals surface area (Å²) in [6.45, 7) is 26.8. The van der Waals surface area contributed by atoms with Crippen LogP contribution in [0, 0.1) is 11.8 Å². The standard InChI is InChI=1S/C54H82O9/c1-9-11-13-15-43-35-49(55)53(47-33-41(7)17-19-45(47)39(3)4)51(37-43)62-31-29-60-27-25-58-23-21-57-22-24-59-26-28-61-30-32-63-52-38-44(16-14-12-10-2)36-50(56)54(52)48-34-42(8)18-20-46(48)40(5)6/h33-38,45-48,55-56H,3,5,9-32H2,1-2,4,6-8H3/t45-,46-,47+,48+/m0/s1. The molecule has 0 fully saturated rings. The highest BCUT2D eigenvalue weighted by Gasteiger charge is 2.32. The number of unbranched alkanes of at least 4 members (excludes halogenated alkanes) is 4. The van der Waals surface area contributed by atoms with Crippen LogP contribution in [0.15, 0.2) is 71.9 Å². The highest BCUT2D eigenvalue weighted by Crippen LogP contribution is 2.48. The molecule has 0 saturated carbocycles. The topological polar surface area (TPSA) is 105 Å². The summed E-state index contributed by atoms with van der Waals surface area (Å²) in [6.07, 6.45) is 17.3. The molecule has 2 N–H and O–H groups in total. The maximum atomic E-state index is 11.3. The highest BCUT2D eigenvalue weighted by atomic mass is 16.6. The summed E-state index contributed by atoms with van der Waals surface area (Å²) in [5.74, 6) is 2.71. The molecule has 63 heavy (non-hydrogen) atoms. The fourth-order valence-corrected chi connectivity index (χ4v) is 8.91. The summed E-state index contributed by atoms with van der Waals surface area (Å²) in [4.78, 5) is 0. The minimum atomic E-state index is 0.0369. The van der Waals surface area contributed by atoms with E-state index in [1.165, 1.54) is 11.1 Å². The predicted molar refractivity (Wildman–Crippen MR) is 256 cm³/mol. The van der Waals surface area contributed by atoms with E-state index in [0.717, 1.165) is 122 Å². The van der Waals surface area contributed by atoms with Crippen molar-refractivity contribution in [3.63, 3.8) is 0 Å². The minimum Gasteiger partial charge on any atom is -0.507 e. The molecule has 0 unspecified atom stereocenters. The van der Waals surface area contributed by atoms with Crippen molar-refractivity contribution in [2.45, 2.75) is 130 Å². The number of benzene rings is 2. The predicted octanol–water partition coefficient (Wildman–Crippen LogP) is 12.1. The maximum Gasteiger partial charge on any atom is 0.127 e. The van der Waals surface area contributed by atoms with E-state index in [-0.39, 0.29) is 23.7 Å². The lowest BCUT2D eigenvalue weighted by Crippen LogP contribution is -2.19. The number of hydrogen-bond donors (Lipinski definition) is 2. The van der Waals surface area contributed by atoms with Gasteiger partial charge in [0.1, 0.15) is 36.2 Å². The quantitative estimate of drug-likeness (QED) is 0.0549. The highest BCUT2D eigenvalue weighted by molar-refractivity contribution is 5.54. The van der Waals surface area contributed by atoms with E-state index in [9.17, 15) is 10.2 Å². The number of ether oxygens (including phenoxy) is 7. The van der Waals surface area contributed by atoms with E-state index in [1.54, 1.807) is 0 Å². The van der Waals surface area contributed by atoms with Crippen molar-refractivity contribution >= 4 is 0 Å². The van der Waals surface area contributed by atoms with Gasteiger partial charge in [-0.25, -0.2) is 0 Å². The van der Waals surface area contributed by atoms with Crippen molar-refractivity contribution in [3.05, 3.63) is 94.1 Å². The lowest BCUT2D eigenvalue weighted by atomic mass is 9.73. The van der Waals surface area contributed by atoms with E-state index >= 15 is 0 Å². The zero-order valence-electron chi connectivity index (χ0n) is 39.9. The fourth-order valence-electron chi connectivity index (χ4n) is 8.91. The Labute approximate surface area is 380 Å². The van der Waals surface area contributed by atoms with Gasteiger partial charge in [0.05, 0.1) is 66.1 Å². The molecule has 0 saturated heterocycles. The summed E-state index contributed by atoms with van der Waals surface area (Å²) in [7, 11) is 0. The van der Waals surface area contributed by atoms with Crippen LogP contribution in [0.3, 0.4) is 0 Å². The third-order valence-electron chi connectivity index (χ3n) is 12.4. The molecular formula is C54H82O9. The second-order valence-corrected chi connectivity index (χ2v) is 17.8. The van der Waals surface area contributed by atoms with Crippen molar-refractivity contribution in [2.75, 3.05) is 79.3 Å². The van der Waals surface area contributed by atoms with Crippen molar-refractivity contribution in [3.8, 4) is 23.0 Å². The average Bonchev–Trinajstić information content (AvgIpc) is 3.24. The minimum absolute atomic E-state index is 0.0369. The Morgan fingerprint density at radius 3 is 1.17 bits per heavy atom. The number of hydrogen-bond acceptors (Lipinski definition) is 9. The van der Waals surface area contributed by atoms with Crippen molar-refractivity contribution in [1.29, 1.82) is 0 Å². The number of aryl methyl sites for hydroxylation is 2. The van der Waals surface area contributed by atoms with Crippen LogP contribution in [0.5, 0.6) is 23.0 Å². The van der Waals surface area contributed by atoms with E-state index in [4.69, 9.17) is 33.2 Å². The number of phenols is 2. The molecule has 4 atom stereocenters. The van der Waals surface area contributed by atoms with Crippen LogP contribution >= 0.6 is 0 Å². The second-order valence-electron chi connectivity index (χ2n) is 17.8. The fraction of sp³-hybridized carbons (Fsp3) is 0.630. The Morgan fingerprint density at radius 1 is 0.524 bits per heavy atom. The Balaban J connectivity index is 1.07. The van der Waals surface area contributed by atoms with Gasteiger partial charge in [0, 0.05) is 23.0 Å². The van der Waals surface area contributed by atoms with Crippen LogP contribution in [0.1, 0.15) is 140 Å². The molecular weight excluding hydrogens is 793 g/mol. The van der Waals surface area contributed by atoms with Crippen LogP contribution in [0.25, 0.3) is 0 Å². The van der Waals surface area contributed by atoms with Crippen LogP contribution in [0.4, 0.5) is 0 Å². The first-order valence-electron chi connectivity index (χ1n) is 24.0. The molecule has 2 aliphatic rings. The first-order chi connectivity index (χ1) is 30.5. The molecule has 9 heteroatoms. The molecule has 9 nitrogen and oxygen atoms in total. The SMILES string of the molecule is C=C(C)[C@@H]1CCC(C)=C[C@H]1c1c(O)cc(CCCCC)cc1OCCOCCOCCOCCOCCOCCOc1cc(CCCCC)cc(O)c1[C@@H]1C=C(C)CC[C@H]1C(=C)C. The third kappa shape index (κ3) is 17.7. The second kappa shape index (κ2) is 29.0. The molecule has 0 radical (unpaired) electrons.